The number of benzene rings is 2. The molecule has 0 fully saturated rings. The molecule has 7 heteroatoms. The Hall–Kier alpha value is -3.87. The average Bonchev–Trinajstić information content (AvgIpc) is 3.51. The van der Waals surface area contributed by atoms with Crippen molar-refractivity contribution in [2.24, 2.45) is 4.99 Å². The summed E-state index contributed by atoms with van der Waals surface area (Å²) >= 11 is 0. The van der Waals surface area contributed by atoms with Crippen molar-refractivity contribution < 1.29 is 0 Å². The van der Waals surface area contributed by atoms with Crippen LogP contribution in [0.15, 0.2) is 90.4 Å². The molecular weight excluding hydrogens is 410 g/mol. The molecule has 0 atom stereocenters. The minimum absolute atomic E-state index is 0.607. The minimum atomic E-state index is 0.607. The van der Waals surface area contributed by atoms with Crippen LogP contribution in [0.1, 0.15) is 29.4 Å². The van der Waals surface area contributed by atoms with Gasteiger partial charge in [0.15, 0.2) is 5.96 Å². The Morgan fingerprint density at radius 2 is 1.70 bits per heavy atom. The molecular formula is C26H31N7. The minimum Gasteiger partial charge on any atom is -0.357 e. The molecule has 170 valence electrons. The second kappa shape index (κ2) is 11.7. The maximum absolute atomic E-state index is 4.82. The fraction of sp³-hybridized carbons (Fsp3) is 0.269. The maximum Gasteiger partial charge on any atom is 0.191 e. The van der Waals surface area contributed by atoms with Crippen LogP contribution in [0.3, 0.4) is 0 Å². The Morgan fingerprint density at radius 1 is 0.879 bits per heavy atom. The number of imidazole rings is 1. The standard InChI is InChI=1S/C26H31N7/c1-2-27-26(30-19-23-11-6-7-12-24(23)21-33-17-8-14-31-33)29-15-13-25-28-16-18-32(25)20-22-9-4-3-5-10-22/h3-12,14,16-18H,2,13,15,19-21H2,1H3,(H2,27,29,30). The Morgan fingerprint density at radius 3 is 2.48 bits per heavy atom. The monoisotopic (exact) mass is 441 g/mol. The van der Waals surface area contributed by atoms with Gasteiger partial charge >= 0.3 is 0 Å². The van der Waals surface area contributed by atoms with Gasteiger partial charge in [0, 0.05) is 50.8 Å². The molecule has 0 aliphatic carbocycles. The van der Waals surface area contributed by atoms with E-state index in [1.165, 1.54) is 16.7 Å². The van der Waals surface area contributed by atoms with Gasteiger partial charge in [0.05, 0.1) is 13.1 Å². The first kappa shape index (κ1) is 22.3. The quantitative estimate of drug-likeness (QED) is 0.292. The normalized spacial score (nSPS) is 11.5. The molecule has 2 N–H and O–H groups in total. The number of aromatic nitrogens is 4. The largest absolute Gasteiger partial charge is 0.357 e. The summed E-state index contributed by atoms with van der Waals surface area (Å²) in [6, 6.07) is 20.8. The lowest BCUT2D eigenvalue weighted by Gasteiger charge is -2.13. The predicted octanol–water partition coefficient (Wildman–Crippen LogP) is 3.47. The first-order chi connectivity index (χ1) is 16.3. The van der Waals surface area contributed by atoms with Crippen molar-refractivity contribution in [2.75, 3.05) is 13.1 Å². The van der Waals surface area contributed by atoms with Gasteiger partial charge in [-0.15, -0.1) is 0 Å². The van der Waals surface area contributed by atoms with Gasteiger partial charge in [-0.25, -0.2) is 9.98 Å². The highest BCUT2D eigenvalue weighted by Crippen LogP contribution is 2.12. The summed E-state index contributed by atoms with van der Waals surface area (Å²) in [4.78, 5) is 9.37. The van der Waals surface area contributed by atoms with Gasteiger partial charge in [-0.1, -0.05) is 54.6 Å². The van der Waals surface area contributed by atoms with E-state index in [0.29, 0.717) is 6.54 Å². The second-order valence-electron chi connectivity index (χ2n) is 7.80. The smallest absolute Gasteiger partial charge is 0.191 e. The molecule has 0 bridgehead atoms. The number of hydrogen-bond acceptors (Lipinski definition) is 3. The van der Waals surface area contributed by atoms with Gasteiger partial charge < -0.3 is 15.2 Å². The molecule has 2 aromatic heterocycles. The van der Waals surface area contributed by atoms with Crippen LogP contribution in [0.2, 0.25) is 0 Å². The van der Waals surface area contributed by atoms with Crippen LogP contribution >= 0.6 is 0 Å². The van der Waals surface area contributed by atoms with E-state index in [9.17, 15) is 0 Å². The topological polar surface area (TPSA) is 72.1 Å². The average molecular weight is 442 g/mol. The molecule has 0 radical (unpaired) electrons. The van der Waals surface area contributed by atoms with E-state index in [1.807, 2.05) is 35.4 Å². The van der Waals surface area contributed by atoms with E-state index in [1.54, 1.807) is 6.20 Å². The zero-order chi connectivity index (χ0) is 22.7. The molecule has 0 saturated carbocycles. The highest BCUT2D eigenvalue weighted by molar-refractivity contribution is 5.79. The van der Waals surface area contributed by atoms with Crippen LogP contribution in [-0.2, 0) is 26.1 Å². The van der Waals surface area contributed by atoms with Crippen molar-refractivity contribution in [3.8, 4) is 0 Å². The molecule has 0 amide bonds. The van der Waals surface area contributed by atoms with E-state index >= 15 is 0 Å². The Kier molecular flexibility index (Phi) is 7.89. The number of rotatable bonds is 10. The van der Waals surface area contributed by atoms with Crippen molar-refractivity contribution in [2.45, 2.75) is 33.0 Å². The van der Waals surface area contributed by atoms with Crippen molar-refractivity contribution in [3.05, 3.63) is 108 Å². The molecule has 0 unspecified atom stereocenters. The third-order valence-corrected chi connectivity index (χ3v) is 5.40. The van der Waals surface area contributed by atoms with Crippen LogP contribution < -0.4 is 10.6 Å². The zero-order valence-electron chi connectivity index (χ0n) is 19.1. The Bertz CT molecular complexity index is 1130. The summed E-state index contributed by atoms with van der Waals surface area (Å²) in [6.07, 6.45) is 8.51. The third-order valence-electron chi connectivity index (χ3n) is 5.40. The lowest BCUT2D eigenvalue weighted by Crippen LogP contribution is -2.38. The van der Waals surface area contributed by atoms with Crippen molar-refractivity contribution in [1.82, 2.24) is 30.0 Å². The number of aliphatic imine (C=N–C) groups is 1. The van der Waals surface area contributed by atoms with E-state index in [0.717, 1.165) is 44.4 Å². The SMILES string of the molecule is CCNC(=NCc1ccccc1Cn1cccn1)NCCc1nccn1Cc1ccccc1. The summed E-state index contributed by atoms with van der Waals surface area (Å²) in [5, 5.41) is 11.1. The van der Waals surface area contributed by atoms with Crippen molar-refractivity contribution >= 4 is 5.96 Å². The van der Waals surface area contributed by atoms with Gasteiger partial charge in [-0.2, -0.15) is 5.10 Å². The molecule has 4 aromatic rings. The van der Waals surface area contributed by atoms with Crippen molar-refractivity contribution in [1.29, 1.82) is 0 Å². The first-order valence-electron chi connectivity index (χ1n) is 11.4. The van der Waals surface area contributed by atoms with E-state index in [-0.39, 0.29) is 0 Å². The van der Waals surface area contributed by atoms with Crippen molar-refractivity contribution in [3.63, 3.8) is 0 Å². The van der Waals surface area contributed by atoms with Gasteiger partial charge in [0.1, 0.15) is 5.82 Å². The van der Waals surface area contributed by atoms with Crippen LogP contribution in [0.4, 0.5) is 0 Å². The fourth-order valence-electron chi connectivity index (χ4n) is 3.73. The van der Waals surface area contributed by atoms with E-state index in [2.05, 4.69) is 80.7 Å². The maximum atomic E-state index is 4.82. The summed E-state index contributed by atoms with van der Waals surface area (Å²) in [6.45, 7) is 5.82. The fourth-order valence-corrected chi connectivity index (χ4v) is 3.73. The Balaban J connectivity index is 1.35. The van der Waals surface area contributed by atoms with Gasteiger partial charge in [0.25, 0.3) is 0 Å². The highest BCUT2D eigenvalue weighted by atomic mass is 15.3. The predicted molar refractivity (Wildman–Crippen MR) is 132 cm³/mol. The summed E-state index contributed by atoms with van der Waals surface area (Å²) in [7, 11) is 0. The first-order valence-corrected chi connectivity index (χ1v) is 11.4. The van der Waals surface area contributed by atoms with Crippen LogP contribution in [0.5, 0.6) is 0 Å². The molecule has 0 aliphatic heterocycles. The molecule has 33 heavy (non-hydrogen) atoms. The Labute approximate surface area is 195 Å². The molecule has 2 aromatic carbocycles. The van der Waals surface area contributed by atoms with Gasteiger partial charge in [0.2, 0.25) is 0 Å². The molecule has 2 heterocycles. The highest BCUT2D eigenvalue weighted by Gasteiger charge is 2.06. The summed E-state index contributed by atoms with van der Waals surface area (Å²) in [5.74, 6) is 1.87. The molecule has 0 saturated heterocycles. The number of nitrogens with one attached hydrogen (secondary N) is 2. The van der Waals surface area contributed by atoms with Gasteiger partial charge in [-0.3, -0.25) is 4.68 Å². The van der Waals surface area contributed by atoms with E-state index in [4.69, 9.17) is 4.99 Å². The molecule has 4 rings (SSSR count). The van der Waals surface area contributed by atoms with E-state index < -0.39 is 0 Å². The van der Waals surface area contributed by atoms with Gasteiger partial charge in [-0.05, 0) is 29.7 Å². The van der Waals surface area contributed by atoms with Crippen LogP contribution in [0, 0.1) is 0 Å². The molecule has 0 spiro atoms. The number of guanidine groups is 1. The second-order valence-corrected chi connectivity index (χ2v) is 7.80. The number of hydrogen-bond donors (Lipinski definition) is 2. The van der Waals surface area contributed by atoms with Crippen LogP contribution in [0.25, 0.3) is 0 Å². The van der Waals surface area contributed by atoms with Crippen LogP contribution in [-0.4, -0.2) is 38.4 Å². The summed E-state index contributed by atoms with van der Waals surface area (Å²) < 4.78 is 4.14. The molecule has 0 aliphatic rings. The molecule has 7 nitrogen and oxygen atoms in total. The number of nitrogens with zero attached hydrogens (tertiary/aromatic N) is 5. The zero-order valence-corrected chi connectivity index (χ0v) is 19.1. The third kappa shape index (κ3) is 6.55. The lowest BCUT2D eigenvalue weighted by molar-refractivity contribution is 0.680. The lowest BCUT2D eigenvalue weighted by atomic mass is 10.1. The summed E-state index contributed by atoms with van der Waals surface area (Å²) in [5.41, 5.74) is 3.70.